The largest absolute Gasteiger partial charge is 0.354 e. The van der Waals surface area contributed by atoms with Crippen molar-refractivity contribution < 1.29 is 4.79 Å². The van der Waals surface area contributed by atoms with Crippen molar-refractivity contribution in [2.45, 2.75) is 59.0 Å². The number of rotatable bonds is 4. The number of nitrogens with one attached hydrogen (secondary N) is 2. The molecule has 0 aromatic heterocycles. The lowest BCUT2D eigenvalue weighted by Gasteiger charge is -2.33. The fourth-order valence-corrected chi connectivity index (χ4v) is 2.57. The van der Waals surface area contributed by atoms with Gasteiger partial charge in [0.15, 0.2) is 5.96 Å². The second-order valence-electron chi connectivity index (χ2n) is 6.86. The first kappa shape index (κ1) is 17.8. The monoisotopic (exact) mass is 296 g/mol. The quantitative estimate of drug-likeness (QED) is 0.615. The molecule has 21 heavy (non-hydrogen) atoms. The standard InChI is InChI=1S/C16H32N4O/c1-11(2)18-16(17-10-15(21)20(5)6)19-14-8-7-12(3)13(4)9-14/h11-14H,7-10H2,1-6H3,(H2,17,18,19). The lowest BCUT2D eigenvalue weighted by molar-refractivity contribution is -0.127. The minimum atomic E-state index is 0.0190. The van der Waals surface area contributed by atoms with Crippen LogP contribution in [0.25, 0.3) is 0 Å². The Hall–Kier alpha value is -1.26. The van der Waals surface area contributed by atoms with Gasteiger partial charge in [0.2, 0.25) is 5.91 Å². The van der Waals surface area contributed by atoms with E-state index in [-0.39, 0.29) is 12.5 Å². The van der Waals surface area contributed by atoms with Crippen LogP contribution >= 0.6 is 0 Å². The van der Waals surface area contributed by atoms with Crippen molar-refractivity contribution in [3.8, 4) is 0 Å². The number of hydrogen-bond donors (Lipinski definition) is 2. The van der Waals surface area contributed by atoms with Crippen molar-refractivity contribution in [3.63, 3.8) is 0 Å². The van der Waals surface area contributed by atoms with Crippen LogP contribution in [0.1, 0.15) is 47.0 Å². The second-order valence-corrected chi connectivity index (χ2v) is 6.86. The topological polar surface area (TPSA) is 56.7 Å². The molecule has 0 spiro atoms. The van der Waals surface area contributed by atoms with Gasteiger partial charge in [0.05, 0.1) is 0 Å². The molecular weight excluding hydrogens is 264 g/mol. The average Bonchev–Trinajstić information content (AvgIpc) is 2.39. The SMILES string of the molecule is CC(C)NC(=NCC(=O)N(C)C)NC1CCC(C)C(C)C1. The van der Waals surface area contributed by atoms with Crippen LogP contribution in [0.15, 0.2) is 4.99 Å². The maximum atomic E-state index is 11.7. The molecule has 0 bridgehead atoms. The highest BCUT2D eigenvalue weighted by molar-refractivity contribution is 5.85. The maximum absolute atomic E-state index is 11.7. The predicted molar refractivity (Wildman–Crippen MR) is 88.4 cm³/mol. The molecule has 1 fully saturated rings. The molecule has 3 unspecified atom stereocenters. The van der Waals surface area contributed by atoms with Crippen molar-refractivity contribution in [2.24, 2.45) is 16.8 Å². The number of carbonyl (C=O) groups excluding carboxylic acids is 1. The Labute approximate surface area is 129 Å². The van der Waals surface area contributed by atoms with Gasteiger partial charge in [0.1, 0.15) is 6.54 Å². The van der Waals surface area contributed by atoms with Crippen molar-refractivity contribution in [2.75, 3.05) is 20.6 Å². The van der Waals surface area contributed by atoms with E-state index < -0.39 is 0 Å². The van der Waals surface area contributed by atoms with Crippen molar-refractivity contribution in [1.82, 2.24) is 15.5 Å². The summed E-state index contributed by atoms with van der Waals surface area (Å²) in [6, 6.07) is 0.751. The summed E-state index contributed by atoms with van der Waals surface area (Å²) in [6.07, 6.45) is 3.60. The van der Waals surface area contributed by atoms with E-state index in [1.54, 1.807) is 19.0 Å². The summed E-state index contributed by atoms with van der Waals surface area (Å²) in [5.41, 5.74) is 0. The number of carbonyl (C=O) groups is 1. The lowest BCUT2D eigenvalue weighted by atomic mass is 9.79. The highest BCUT2D eigenvalue weighted by Crippen LogP contribution is 2.29. The van der Waals surface area contributed by atoms with Gasteiger partial charge in [-0.2, -0.15) is 0 Å². The molecule has 5 heteroatoms. The van der Waals surface area contributed by atoms with E-state index in [1.807, 2.05) is 0 Å². The molecule has 1 aliphatic rings. The first-order chi connectivity index (χ1) is 9.79. The zero-order valence-corrected chi connectivity index (χ0v) is 14.4. The molecule has 0 radical (unpaired) electrons. The molecule has 1 amide bonds. The smallest absolute Gasteiger partial charge is 0.243 e. The Bertz CT molecular complexity index is 365. The summed E-state index contributed by atoms with van der Waals surface area (Å²) < 4.78 is 0. The molecule has 2 N–H and O–H groups in total. The van der Waals surface area contributed by atoms with E-state index in [1.165, 1.54) is 19.3 Å². The summed E-state index contributed by atoms with van der Waals surface area (Å²) >= 11 is 0. The highest BCUT2D eigenvalue weighted by atomic mass is 16.2. The Morgan fingerprint density at radius 3 is 2.43 bits per heavy atom. The van der Waals surface area contributed by atoms with Gasteiger partial charge in [-0.3, -0.25) is 4.79 Å². The van der Waals surface area contributed by atoms with E-state index in [0.29, 0.717) is 12.1 Å². The van der Waals surface area contributed by atoms with Crippen LogP contribution < -0.4 is 10.6 Å². The lowest BCUT2D eigenvalue weighted by Crippen LogP contribution is -2.48. The molecule has 122 valence electrons. The van der Waals surface area contributed by atoms with Crippen LogP contribution in [-0.2, 0) is 4.79 Å². The number of nitrogens with zero attached hydrogens (tertiary/aromatic N) is 2. The van der Waals surface area contributed by atoms with Gasteiger partial charge in [0.25, 0.3) is 0 Å². The molecule has 3 atom stereocenters. The number of aliphatic imine (C=N–C) groups is 1. The molecule has 0 aromatic carbocycles. The maximum Gasteiger partial charge on any atom is 0.243 e. The fourth-order valence-electron chi connectivity index (χ4n) is 2.57. The number of amides is 1. The minimum Gasteiger partial charge on any atom is -0.354 e. The molecule has 5 nitrogen and oxygen atoms in total. The predicted octanol–water partition coefficient (Wildman–Crippen LogP) is 1.84. The van der Waals surface area contributed by atoms with Gasteiger partial charge in [0, 0.05) is 26.2 Å². The van der Waals surface area contributed by atoms with Gasteiger partial charge in [-0.05, 0) is 44.9 Å². The van der Waals surface area contributed by atoms with E-state index in [2.05, 4.69) is 43.3 Å². The molecular formula is C16H32N4O. The van der Waals surface area contributed by atoms with Gasteiger partial charge >= 0.3 is 0 Å². The highest BCUT2D eigenvalue weighted by Gasteiger charge is 2.25. The summed E-state index contributed by atoms with van der Waals surface area (Å²) in [6.45, 7) is 9.00. The normalized spacial score (nSPS) is 26.6. The van der Waals surface area contributed by atoms with Gasteiger partial charge in [-0.25, -0.2) is 4.99 Å². The second kappa shape index (κ2) is 8.25. The third-order valence-electron chi connectivity index (χ3n) is 4.24. The molecule has 0 aromatic rings. The van der Waals surface area contributed by atoms with E-state index in [9.17, 15) is 4.79 Å². The molecule has 0 saturated heterocycles. The third-order valence-corrected chi connectivity index (χ3v) is 4.24. The Morgan fingerprint density at radius 1 is 1.24 bits per heavy atom. The van der Waals surface area contributed by atoms with E-state index >= 15 is 0 Å². The molecule has 1 aliphatic carbocycles. The fraction of sp³-hybridized carbons (Fsp3) is 0.875. The number of hydrogen-bond acceptors (Lipinski definition) is 2. The first-order valence-corrected chi connectivity index (χ1v) is 8.07. The average molecular weight is 296 g/mol. The van der Waals surface area contributed by atoms with E-state index in [0.717, 1.165) is 17.8 Å². The number of guanidine groups is 1. The van der Waals surface area contributed by atoms with Gasteiger partial charge < -0.3 is 15.5 Å². The van der Waals surface area contributed by atoms with Gasteiger partial charge in [-0.15, -0.1) is 0 Å². The summed E-state index contributed by atoms with van der Waals surface area (Å²) in [5, 5.41) is 6.82. The molecule has 0 aliphatic heterocycles. The van der Waals surface area contributed by atoms with Crippen molar-refractivity contribution in [1.29, 1.82) is 0 Å². The van der Waals surface area contributed by atoms with Crippen LogP contribution in [0.4, 0.5) is 0 Å². The Kier molecular flexibility index (Phi) is 6.99. The zero-order chi connectivity index (χ0) is 16.0. The van der Waals surface area contributed by atoms with Gasteiger partial charge in [-0.1, -0.05) is 13.8 Å². The Balaban J connectivity index is 2.61. The Morgan fingerprint density at radius 2 is 1.90 bits per heavy atom. The summed E-state index contributed by atoms with van der Waals surface area (Å²) in [4.78, 5) is 17.7. The molecule has 0 heterocycles. The van der Waals surface area contributed by atoms with Crippen molar-refractivity contribution >= 4 is 11.9 Å². The number of likely N-dealkylation sites (N-methyl/N-ethyl adjacent to an activating group) is 1. The van der Waals surface area contributed by atoms with Crippen LogP contribution in [0, 0.1) is 11.8 Å². The van der Waals surface area contributed by atoms with Crippen LogP contribution in [-0.4, -0.2) is 49.5 Å². The van der Waals surface area contributed by atoms with Crippen LogP contribution in [0.5, 0.6) is 0 Å². The third kappa shape index (κ3) is 6.36. The molecule has 1 saturated carbocycles. The molecule has 1 rings (SSSR count). The first-order valence-electron chi connectivity index (χ1n) is 8.07. The van der Waals surface area contributed by atoms with Crippen LogP contribution in [0.2, 0.25) is 0 Å². The zero-order valence-electron chi connectivity index (χ0n) is 14.4. The summed E-state index contributed by atoms with van der Waals surface area (Å²) in [5.74, 6) is 2.31. The van der Waals surface area contributed by atoms with Crippen molar-refractivity contribution in [3.05, 3.63) is 0 Å². The van der Waals surface area contributed by atoms with Crippen LogP contribution in [0.3, 0.4) is 0 Å². The van der Waals surface area contributed by atoms with E-state index in [4.69, 9.17) is 0 Å². The minimum absolute atomic E-state index is 0.0190. The summed E-state index contributed by atoms with van der Waals surface area (Å²) in [7, 11) is 3.51.